The van der Waals surface area contributed by atoms with Crippen molar-refractivity contribution in [1.29, 1.82) is 0 Å². The third-order valence-electron chi connectivity index (χ3n) is 2.70. The van der Waals surface area contributed by atoms with Crippen molar-refractivity contribution in [2.24, 2.45) is 0 Å². The maximum absolute atomic E-state index is 13.6. The first-order valence-corrected chi connectivity index (χ1v) is 5.90. The zero-order valence-electron chi connectivity index (χ0n) is 10.2. The maximum Gasteiger partial charge on any atom is 0.307 e. The molecule has 0 aliphatic rings. The molecule has 2 nitrogen and oxygen atoms in total. The molecule has 0 spiro atoms. The van der Waals surface area contributed by atoms with Crippen molar-refractivity contribution >= 4 is 12.0 Å². The molecule has 0 radical (unpaired) electrons. The van der Waals surface area contributed by atoms with Crippen LogP contribution in [0, 0.1) is 5.82 Å². The molecule has 0 fully saturated rings. The van der Waals surface area contributed by atoms with Gasteiger partial charge in [0, 0.05) is 5.56 Å². The van der Waals surface area contributed by atoms with Gasteiger partial charge < -0.3 is 5.11 Å². The first-order chi connectivity index (χ1) is 9.16. The first-order valence-electron chi connectivity index (χ1n) is 5.90. The topological polar surface area (TPSA) is 37.3 Å². The van der Waals surface area contributed by atoms with E-state index < -0.39 is 5.97 Å². The summed E-state index contributed by atoms with van der Waals surface area (Å²) in [4.78, 5) is 10.4. The number of carbonyl (C=O) groups is 1. The van der Waals surface area contributed by atoms with Crippen molar-refractivity contribution in [2.45, 2.75) is 6.42 Å². The normalized spacial score (nSPS) is 10.8. The monoisotopic (exact) mass is 256 g/mol. The van der Waals surface area contributed by atoms with Gasteiger partial charge in [0.2, 0.25) is 0 Å². The highest BCUT2D eigenvalue weighted by molar-refractivity contribution is 5.71. The van der Waals surface area contributed by atoms with E-state index in [4.69, 9.17) is 5.11 Å². The van der Waals surface area contributed by atoms with Gasteiger partial charge >= 0.3 is 5.97 Å². The van der Waals surface area contributed by atoms with Crippen molar-refractivity contribution in [3.63, 3.8) is 0 Å². The summed E-state index contributed by atoms with van der Waals surface area (Å²) < 4.78 is 13.6. The van der Waals surface area contributed by atoms with Gasteiger partial charge in [-0.15, -0.1) is 0 Å². The Balaban J connectivity index is 2.17. The summed E-state index contributed by atoms with van der Waals surface area (Å²) in [5.41, 5.74) is 2.25. The lowest BCUT2D eigenvalue weighted by molar-refractivity contribution is -0.135. The van der Waals surface area contributed by atoms with Gasteiger partial charge in [-0.1, -0.05) is 54.6 Å². The summed E-state index contributed by atoms with van der Waals surface area (Å²) in [6.07, 6.45) is 3.31. The fourth-order valence-electron chi connectivity index (χ4n) is 1.76. The number of hydrogen-bond acceptors (Lipinski definition) is 1. The van der Waals surface area contributed by atoms with E-state index in [-0.39, 0.29) is 12.2 Å². The van der Waals surface area contributed by atoms with E-state index in [0.717, 1.165) is 11.1 Å². The van der Waals surface area contributed by atoms with Crippen LogP contribution in [0.15, 0.2) is 54.6 Å². The SMILES string of the molecule is O=C(O)CC=Cc1ccc(-c2ccccc2F)cc1. The zero-order chi connectivity index (χ0) is 13.7. The Morgan fingerprint density at radius 2 is 1.79 bits per heavy atom. The number of carboxylic acids is 1. The quantitative estimate of drug-likeness (QED) is 0.898. The highest BCUT2D eigenvalue weighted by atomic mass is 19.1. The van der Waals surface area contributed by atoms with Gasteiger partial charge in [-0.25, -0.2) is 4.39 Å². The fraction of sp³-hybridized carbons (Fsp3) is 0.0625. The molecule has 0 aromatic heterocycles. The molecule has 0 heterocycles. The lowest BCUT2D eigenvalue weighted by Crippen LogP contribution is -1.89. The van der Waals surface area contributed by atoms with Gasteiger partial charge in [-0.2, -0.15) is 0 Å². The van der Waals surface area contributed by atoms with E-state index in [1.54, 1.807) is 30.4 Å². The van der Waals surface area contributed by atoms with Crippen molar-refractivity contribution in [2.75, 3.05) is 0 Å². The van der Waals surface area contributed by atoms with E-state index in [9.17, 15) is 9.18 Å². The predicted molar refractivity (Wildman–Crippen MR) is 73.1 cm³/mol. The number of carboxylic acid groups (broad SMARTS) is 1. The van der Waals surface area contributed by atoms with Crippen molar-refractivity contribution < 1.29 is 14.3 Å². The Labute approximate surface area is 110 Å². The molecule has 0 aliphatic carbocycles. The molecular formula is C16H13FO2. The van der Waals surface area contributed by atoms with Gasteiger partial charge in [-0.3, -0.25) is 4.79 Å². The fourth-order valence-corrected chi connectivity index (χ4v) is 1.76. The molecule has 2 rings (SSSR count). The standard InChI is InChI=1S/C16H13FO2/c17-15-6-2-1-5-14(15)13-10-8-12(9-11-13)4-3-7-16(18)19/h1-6,8-11H,7H2,(H,18,19). The third kappa shape index (κ3) is 3.52. The van der Waals surface area contributed by atoms with E-state index in [1.807, 2.05) is 24.3 Å². The smallest absolute Gasteiger partial charge is 0.307 e. The average Bonchev–Trinajstić information content (AvgIpc) is 2.40. The largest absolute Gasteiger partial charge is 0.481 e. The zero-order valence-corrected chi connectivity index (χ0v) is 10.2. The minimum atomic E-state index is -0.862. The van der Waals surface area contributed by atoms with Crippen LogP contribution >= 0.6 is 0 Å². The lowest BCUT2D eigenvalue weighted by atomic mass is 10.0. The molecule has 0 aliphatic heterocycles. The Hall–Kier alpha value is -2.42. The summed E-state index contributed by atoms with van der Waals surface area (Å²) >= 11 is 0. The number of hydrogen-bond donors (Lipinski definition) is 1. The van der Waals surface area contributed by atoms with Crippen molar-refractivity contribution in [1.82, 2.24) is 0 Å². The second-order valence-corrected chi connectivity index (χ2v) is 4.10. The molecule has 3 heteroatoms. The van der Waals surface area contributed by atoms with Crippen molar-refractivity contribution in [3.8, 4) is 11.1 Å². The number of benzene rings is 2. The van der Waals surface area contributed by atoms with Gasteiger partial charge in [0.25, 0.3) is 0 Å². The van der Waals surface area contributed by atoms with Crippen LogP contribution in [0.4, 0.5) is 4.39 Å². The van der Waals surface area contributed by atoms with Crippen LogP contribution in [0.1, 0.15) is 12.0 Å². The van der Waals surface area contributed by atoms with E-state index in [1.165, 1.54) is 6.07 Å². The van der Waals surface area contributed by atoms with Gasteiger partial charge in [0.1, 0.15) is 5.82 Å². The van der Waals surface area contributed by atoms with E-state index in [0.29, 0.717) is 5.56 Å². The first kappa shape index (κ1) is 13.0. The Bertz CT molecular complexity index is 600. The molecule has 0 amide bonds. The molecular weight excluding hydrogens is 243 g/mol. The molecule has 0 unspecified atom stereocenters. The highest BCUT2D eigenvalue weighted by Crippen LogP contribution is 2.22. The van der Waals surface area contributed by atoms with Crippen molar-refractivity contribution in [3.05, 3.63) is 66.0 Å². The summed E-state index contributed by atoms with van der Waals surface area (Å²) in [6.45, 7) is 0. The van der Waals surface area contributed by atoms with Gasteiger partial charge in [-0.05, 0) is 17.2 Å². The molecule has 0 atom stereocenters. The van der Waals surface area contributed by atoms with Crippen LogP contribution in [0.3, 0.4) is 0 Å². The van der Waals surface area contributed by atoms with Crippen LogP contribution in [-0.4, -0.2) is 11.1 Å². The molecule has 96 valence electrons. The number of rotatable bonds is 4. The molecule has 2 aromatic carbocycles. The van der Waals surface area contributed by atoms with E-state index >= 15 is 0 Å². The van der Waals surface area contributed by atoms with E-state index in [2.05, 4.69) is 0 Å². The van der Waals surface area contributed by atoms with Crippen LogP contribution in [-0.2, 0) is 4.79 Å². The predicted octanol–water partition coefficient (Wildman–Crippen LogP) is 3.98. The summed E-state index contributed by atoms with van der Waals surface area (Å²) in [5.74, 6) is -1.11. The molecule has 0 saturated heterocycles. The highest BCUT2D eigenvalue weighted by Gasteiger charge is 2.02. The number of aliphatic carboxylic acids is 1. The minimum absolute atomic E-state index is 0.00490. The second kappa shape index (κ2) is 5.96. The van der Waals surface area contributed by atoms with Crippen LogP contribution in [0.25, 0.3) is 17.2 Å². The Kier molecular flexibility index (Phi) is 4.08. The number of halogens is 1. The van der Waals surface area contributed by atoms with Crippen LogP contribution < -0.4 is 0 Å². The third-order valence-corrected chi connectivity index (χ3v) is 2.70. The minimum Gasteiger partial charge on any atom is -0.481 e. The summed E-state index contributed by atoms with van der Waals surface area (Å²) in [6, 6.07) is 13.9. The van der Waals surface area contributed by atoms with Crippen LogP contribution in [0.2, 0.25) is 0 Å². The molecule has 2 aromatic rings. The molecule has 1 N–H and O–H groups in total. The molecule has 0 saturated carbocycles. The molecule has 19 heavy (non-hydrogen) atoms. The summed E-state index contributed by atoms with van der Waals surface area (Å²) in [7, 11) is 0. The molecule has 0 bridgehead atoms. The lowest BCUT2D eigenvalue weighted by Gasteiger charge is -2.03. The maximum atomic E-state index is 13.6. The Morgan fingerprint density at radius 1 is 1.11 bits per heavy atom. The average molecular weight is 256 g/mol. The van der Waals surface area contributed by atoms with Gasteiger partial charge in [0.15, 0.2) is 0 Å². The summed E-state index contributed by atoms with van der Waals surface area (Å²) in [5, 5.41) is 8.52. The second-order valence-electron chi connectivity index (χ2n) is 4.10. The van der Waals surface area contributed by atoms with Gasteiger partial charge in [0.05, 0.1) is 6.42 Å². The van der Waals surface area contributed by atoms with Crippen LogP contribution in [0.5, 0.6) is 0 Å². The Morgan fingerprint density at radius 3 is 2.42 bits per heavy atom.